The topological polar surface area (TPSA) is 38.2 Å². The van der Waals surface area contributed by atoms with Crippen LogP contribution in [0.25, 0.3) is 10.9 Å². The third-order valence-electron chi connectivity index (χ3n) is 5.81. The first-order valence-electron chi connectivity index (χ1n) is 10.5. The van der Waals surface area contributed by atoms with E-state index in [1.54, 1.807) is 6.20 Å². The Morgan fingerprint density at radius 2 is 1.90 bits per heavy atom. The summed E-state index contributed by atoms with van der Waals surface area (Å²) in [5.41, 5.74) is 5.80. The molecule has 1 fully saturated rings. The molecule has 0 N–H and O–H groups in total. The number of halogens is 1. The molecular weight excluding hydrogens is 406 g/mol. The highest BCUT2D eigenvalue weighted by molar-refractivity contribution is 5.93. The van der Waals surface area contributed by atoms with Crippen LogP contribution < -0.4 is 9.64 Å². The van der Waals surface area contributed by atoms with Crippen LogP contribution >= 0.6 is 12.4 Å². The van der Waals surface area contributed by atoms with E-state index in [0.717, 1.165) is 41.0 Å². The highest BCUT2D eigenvalue weighted by Gasteiger charge is 2.25. The summed E-state index contributed by atoms with van der Waals surface area (Å²) in [4.78, 5) is 11.4. The minimum Gasteiger partial charge on any atom is -0.489 e. The number of aromatic nitrogens is 2. The van der Waals surface area contributed by atoms with Crippen LogP contribution in [0.2, 0.25) is 0 Å². The molecule has 5 rings (SSSR count). The van der Waals surface area contributed by atoms with Crippen molar-refractivity contribution in [3.63, 3.8) is 0 Å². The summed E-state index contributed by atoms with van der Waals surface area (Å²) in [5.74, 6) is 1.43. The van der Waals surface area contributed by atoms with E-state index in [1.807, 2.05) is 24.4 Å². The number of rotatable bonds is 5. The summed E-state index contributed by atoms with van der Waals surface area (Å²) in [7, 11) is 0. The van der Waals surface area contributed by atoms with Gasteiger partial charge in [0, 0.05) is 53.7 Å². The van der Waals surface area contributed by atoms with E-state index in [9.17, 15) is 0 Å². The highest BCUT2D eigenvalue weighted by atomic mass is 35.5. The number of aryl methyl sites for hydroxylation is 1. The zero-order valence-corrected chi connectivity index (χ0v) is 18.4. The molecule has 0 bridgehead atoms. The second-order valence-corrected chi connectivity index (χ2v) is 7.95. The lowest BCUT2D eigenvalue weighted by Crippen LogP contribution is -2.20. The van der Waals surface area contributed by atoms with E-state index in [0.29, 0.717) is 12.5 Å². The normalized spacial score (nSPS) is 15.6. The van der Waals surface area contributed by atoms with Crippen LogP contribution in [0.1, 0.15) is 29.2 Å². The van der Waals surface area contributed by atoms with E-state index in [1.165, 1.54) is 17.7 Å². The quantitative estimate of drug-likeness (QED) is 0.392. The molecule has 1 unspecified atom stereocenters. The first-order valence-corrected chi connectivity index (χ1v) is 10.5. The molecule has 4 aromatic rings. The summed E-state index contributed by atoms with van der Waals surface area (Å²) in [6.07, 6.45) is 4.79. The summed E-state index contributed by atoms with van der Waals surface area (Å²) in [5, 5.41) is 1.15. The maximum atomic E-state index is 6.05. The maximum Gasteiger partial charge on any atom is 0.120 e. The van der Waals surface area contributed by atoms with Crippen molar-refractivity contribution >= 4 is 29.0 Å². The average Bonchev–Trinajstić information content (AvgIpc) is 3.29. The number of fused-ring (bicyclic) bond motifs is 1. The van der Waals surface area contributed by atoms with E-state index >= 15 is 0 Å². The van der Waals surface area contributed by atoms with Gasteiger partial charge in [-0.3, -0.25) is 9.97 Å². The van der Waals surface area contributed by atoms with Gasteiger partial charge in [0.05, 0.1) is 5.52 Å². The number of hydrogen-bond acceptors (Lipinski definition) is 4. The van der Waals surface area contributed by atoms with Crippen LogP contribution in [0.15, 0.2) is 79.1 Å². The lowest BCUT2D eigenvalue weighted by atomic mass is 9.99. The van der Waals surface area contributed by atoms with Gasteiger partial charge in [-0.15, -0.1) is 12.4 Å². The van der Waals surface area contributed by atoms with Crippen molar-refractivity contribution < 1.29 is 4.74 Å². The zero-order chi connectivity index (χ0) is 20.3. The van der Waals surface area contributed by atoms with Crippen molar-refractivity contribution in [3.05, 3.63) is 95.9 Å². The molecule has 1 saturated heterocycles. The van der Waals surface area contributed by atoms with Crippen LogP contribution in [0, 0.1) is 6.92 Å². The Kier molecular flexibility index (Phi) is 6.38. The third-order valence-corrected chi connectivity index (χ3v) is 5.81. The Labute approximate surface area is 189 Å². The smallest absolute Gasteiger partial charge is 0.120 e. The Balaban J connectivity index is 0.00000231. The van der Waals surface area contributed by atoms with Crippen LogP contribution in [0.4, 0.5) is 5.69 Å². The predicted molar refractivity (Wildman–Crippen MR) is 128 cm³/mol. The zero-order valence-electron chi connectivity index (χ0n) is 17.6. The van der Waals surface area contributed by atoms with Crippen molar-refractivity contribution in [2.24, 2.45) is 0 Å². The average molecular weight is 432 g/mol. The van der Waals surface area contributed by atoms with Crippen molar-refractivity contribution in [1.29, 1.82) is 0 Å². The fraction of sp³-hybridized carbons (Fsp3) is 0.231. The Morgan fingerprint density at radius 1 is 1.03 bits per heavy atom. The molecule has 31 heavy (non-hydrogen) atoms. The number of anilines is 1. The highest BCUT2D eigenvalue weighted by Crippen LogP contribution is 2.36. The fourth-order valence-corrected chi connectivity index (χ4v) is 4.29. The van der Waals surface area contributed by atoms with Gasteiger partial charge in [-0.1, -0.05) is 36.4 Å². The summed E-state index contributed by atoms with van der Waals surface area (Å²) >= 11 is 0. The van der Waals surface area contributed by atoms with Gasteiger partial charge >= 0.3 is 0 Å². The first-order chi connectivity index (χ1) is 14.8. The molecule has 5 heteroatoms. The van der Waals surface area contributed by atoms with Gasteiger partial charge in [-0.2, -0.15) is 0 Å². The van der Waals surface area contributed by atoms with E-state index in [-0.39, 0.29) is 12.4 Å². The minimum absolute atomic E-state index is 0. The minimum atomic E-state index is 0. The Morgan fingerprint density at radius 3 is 2.71 bits per heavy atom. The van der Waals surface area contributed by atoms with Crippen LogP contribution in [0.3, 0.4) is 0 Å². The van der Waals surface area contributed by atoms with E-state index in [4.69, 9.17) is 9.72 Å². The molecule has 1 atom stereocenters. The molecule has 158 valence electrons. The summed E-state index contributed by atoms with van der Waals surface area (Å²) < 4.78 is 6.05. The molecule has 0 aliphatic carbocycles. The number of benzene rings is 2. The van der Waals surface area contributed by atoms with Crippen molar-refractivity contribution in [2.45, 2.75) is 25.9 Å². The van der Waals surface area contributed by atoms with E-state index < -0.39 is 0 Å². The molecule has 0 amide bonds. The molecule has 4 nitrogen and oxygen atoms in total. The predicted octanol–water partition coefficient (Wildman–Crippen LogP) is 5.93. The SMILES string of the molecule is Cc1cc(N2CCC(c3ccccc3)C2)c2cc(OCc3cccnc3)ccc2n1.Cl. The number of pyridine rings is 2. The molecule has 3 heterocycles. The Hall–Kier alpha value is -3.11. The van der Waals surface area contributed by atoms with Gasteiger partial charge in [0.1, 0.15) is 12.4 Å². The van der Waals surface area contributed by atoms with Gasteiger partial charge in [0.25, 0.3) is 0 Å². The van der Waals surface area contributed by atoms with Crippen LogP contribution in [0.5, 0.6) is 5.75 Å². The van der Waals surface area contributed by atoms with Gasteiger partial charge in [0.2, 0.25) is 0 Å². The molecule has 1 aliphatic heterocycles. The van der Waals surface area contributed by atoms with Crippen molar-refractivity contribution in [2.75, 3.05) is 18.0 Å². The second-order valence-electron chi connectivity index (χ2n) is 7.95. The first kappa shape index (κ1) is 21.1. The summed E-state index contributed by atoms with van der Waals surface area (Å²) in [6, 6.07) is 23.2. The van der Waals surface area contributed by atoms with E-state index in [2.05, 4.69) is 65.3 Å². The molecular formula is C26H26ClN3O. The number of ether oxygens (including phenoxy) is 1. The third kappa shape index (κ3) is 4.64. The number of nitrogens with zero attached hydrogens (tertiary/aromatic N) is 3. The molecule has 0 saturated carbocycles. The standard InChI is InChI=1S/C26H25N3O.ClH/c1-19-14-26(29-13-11-22(17-29)21-7-3-2-4-8-21)24-15-23(9-10-25(24)28-19)30-18-20-6-5-12-27-16-20;/h2-10,12,14-16,22H,11,13,17-18H2,1H3;1H. The van der Waals surface area contributed by atoms with Crippen molar-refractivity contribution in [3.8, 4) is 5.75 Å². The van der Waals surface area contributed by atoms with Gasteiger partial charge in [-0.25, -0.2) is 0 Å². The monoisotopic (exact) mass is 431 g/mol. The molecule has 0 spiro atoms. The Bertz CT molecular complexity index is 1150. The van der Waals surface area contributed by atoms with Gasteiger partial charge in [0.15, 0.2) is 0 Å². The van der Waals surface area contributed by atoms with Crippen molar-refractivity contribution in [1.82, 2.24) is 9.97 Å². The van der Waals surface area contributed by atoms with Gasteiger partial charge < -0.3 is 9.64 Å². The van der Waals surface area contributed by atoms with Gasteiger partial charge in [-0.05, 0) is 49.2 Å². The number of hydrogen-bond donors (Lipinski definition) is 0. The van der Waals surface area contributed by atoms with Crippen LogP contribution in [-0.4, -0.2) is 23.1 Å². The molecule has 2 aromatic carbocycles. The second kappa shape index (κ2) is 9.36. The molecule has 0 radical (unpaired) electrons. The molecule has 2 aromatic heterocycles. The fourth-order valence-electron chi connectivity index (χ4n) is 4.29. The maximum absolute atomic E-state index is 6.05. The largest absolute Gasteiger partial charge is 0.489 e. The lowest BCUT2D eigenvalue weighted by molar-refractivity contribution is 0.306. The van der Waals surface area contributed by atoms with Crippen LogP contribution in [-0.2, 0) is 6.61 Å². The summed E-state index contributed by atoms with van der Waals surface area (Å²) in [6.45, 7) is 4.66. The molecule has 1 aliphatic rings. The lowest BCUT2D eigenvalue weighted by Gasteiger charge is -2.22.